The molecule has 0 aromatic carbocycles. The van der Waals surface area contributed by atoms with E-state index in [1.807, 2.05) is 6.92 Å². The molecule has 0 amide bonds. The molecule has 2 heterocycles. The van der Waals surface area contributed by atoms with E-state index in [0.717, 1.165) is 0 Å². The maximum atomic E-state index is 12.5. The molecule has 0 aliphatic rings. The van der Waals surface area contributed by atoms with Gasteiger partial charge in [-0.3, -0.25) is 18.8 Å². The molecule has 0 unspecified atom stereocenters. The quantitative estimate of drug-likeness (QED) is 0.782. The van der Waals surface area contributed by atoms with Gasteiger partial charge in [-0.2, -0.15) is 5.10 Å². The lowest BCUT2D eigenvalue weighted by Crippen LogP contribution is -2.31. The van der Waals surface area contributed by atoms with Gasteiger partial charge in [-0.25, -0.2) is 4.98 Å². The number of ether oxygens (including phenoxy) is 1. The van der Waals surface area contributed by atoms with Crippen molar-refractivity contribution in [3.63, 3.8) is 0 Å². The fourth-order valence-electron chi connectivity index (χ4n) is 1.92. The molecule has 0 saturated carbocycles. The summed E-state index contributed by atoms with van der Waals surface area (Å²) in [6, 6.07) is 0. The highest BCUT2D eigenvalue weighted by Gasteiger charge is 2.19. The van der Waals surface area contributed by atoms with Crippen LogP contribution in [-0.4, -0.2) is 30.9 Å². The summed E-state index contributed by atoms with van der Waals surface area (Å²) in [6.45, 7) is 7.57. The summed E-state index contributed by atoms with van der Waals surface area (Å²) in [5.41, 5.74) is -0.0458. The normalized spacial score (nSPS) is 11.9. The number of esters is 1. The van der Waals surface area contributed by atoms with Crippen LogP contribution in [0.1, 0.15) is 27.7 Å². The average molecular weight is 357 g/mol. The topological polar surface area (TPSA) is 79.0 Å². The monoisotopic (exact) mass is 356 g/mol. The third kappa shape index (κ3) is 3.31. The molecular weight excluding hydrogens is 340 g/mol. The van der Waals surface area contributed by atoms with Crippen LogP contribution >= 0.6 is 15.9 Å². The zero-order valence-electron chi connectivity index (χ0n) is 12.4. The van der Waals surface area contributed by atoms with Crippen LogP contribution in [0.2, 0.25) is 0 Å². The van der Waals surface area contributed by atoms with E-state index < -0.39 is 11.6 Å². The minimum Gasteiger partial charge on any atom is -0.459 e. The first-order chi connectivity index (χ1) is 9.73. The van der Waals surface area contributed by atoms with Gasteiger partial charge < -0.3 is 4.74 Å². The van der Waals surface area contributed by atoms with Crippen molar-refractivity contribution in [1.29, 1.82) is 0 Å². The van der Waals surface area contributed by atoms with Crippen molar-refractivity contribution in [2.24, 2.45) is 0 Å². The molecule has 0 atom stereocenters. The molecule has 0 aliphatic carbocycles. The first-order valence-corrected chi connectivity index (χ1v) is 7.35. The molecular formula is C13H17BrN4O3. The molecule has 0 aliphatic heterocycles. The fourth-order valence-corrected chi connectivity index (χ4v) is 2.40. The van der Waals surface area contributed by atoms with E-state index in [1.165, 1.54) is 10.9 Å². The van der Waals surface area contributed by atoms with E-state index in [4.69, 9.17) is 4.74 Å². The molecule has 2 aromatic heterocycles. The van der Waals surface area contributed by atoms with E-state index in [0.29, 0.717) is 22.2 Å². The predicted octanol–water partition coefficient (Wildman–Crippen LogP) is 1.72. The first-order valence-electron chi connectivity index (χ1n) is 6.56. The Labute approximate surface area is 130 Å². The van der Waals surface area contributed by atoms with E-state index in [9.17, 15) is 9.59 Å². The summed E-state index contributed by atoms with van der Waals surface area (Å²) in [4.78, 5) is 28.5. The Hall–Kier alpha value is -1.70. The van der Waals surface area contributed by atoms with Crippen molar-refractivity contribution in [1.82, 2.24) is 19.3 Å². The van der Waals surface area contributed by atoms with Gasteiger partial charge in [0.05, 0.1) is 6.33 Å². The minimum absolute atomic E-state index is 0.175. The Balaban J connectivity index is 2.41. The standard InChI is InChI=1S/C13H17BrN4O3/c1-5-18-10-9(11(14)16-18)15-7-17(12(10)20)6-8(19)21-13(2,3)4/h7H,5-6H2,1-4H3. The third-order valence-corrected chi connectivity index (χ3v) is 3.23. The zero-order valence-corrected chi connectivity index (χ0v) is 14.0. The molecule has 114 valence electrons. The maximum absolute atomic E-state index is 12.5. The Morgan fingerprint density at radius 1 is 1.43 bits per heavy atom. The van der Waals surface area contributed by atoms with Crippen molar-refractivity contribution < 1.29 is 9.53 Å². The van der Waals surface area contributed by atoms with Crippen LogP contribution < -0.4 is 5.56 Å². The highest BCUT2D eigenvalue weighted by Crippen LogP contribution is 2.18. The number of rotatable bonds is 3. The van der Waals surface area contributed by atoms with Gasteiger partial charge in [0.2, 0.25) is 0 Å². The number of hydrogen-bond acceptors (Lipinski definition) is 5. The molecule has 2 aromatic rings. The number of aryl methyl sites for hydroxylation is 1. The van der Waals surface area contributed by atoms with E-state index in [-0.39, 0.29) is 12.1 Å². The second-order valence-corrected chi connectivity index (χ2v) is 6.32. The van der Waals surface area contributed by atoms with Crippen molar-refractivity contribution in [3.8, 4) is 0 Å². The van der Waals surface area contributed by atoms with E-state index >= 15 is 0 Å². The molecule has 0 saturated heterocycles. The smallest absolute Gasteiger partial charge is 0.326 e. The summed E-state index contributed by atoms with van der Waals surface area (Å²) in [7, 11) is 0. The number of carbonyl (C=O) groups is 1. The lowest BCUT2D eigenvalue weighted by atomic mass is 10.2. The number of nitrogens with zero attached hydrogens (tertiary/aromatic N) is 4. The largest absolute Gasteiger partial charge is 0.459 e. The maximum Gasteiger partial charge on any atom is 0.326 e. The number of hydrogen-bond donors (Lipinski definition) is 0. The van der Waals surface area contributed by atoms with Gasteiger partial charge in [0.1, 0.15) is 17.7 Å². The van der Waals surface area contributed by atoms with Gasteiger partial charge in [-0.1, -0.05) is 0 Å². The van der Waals surface area contributed by atoms with Crippen molar-refractivity contribution in [2.45, 2.75) is 46.4 Å². The summed E-state index contributed by atoms with van der Waals surface area (Å²) in [5.74, 6) is -0.479. The lowest BCUT2D eigenvalue weighted by Gasteiger charge is -2.19. The van der Waals surface area contributed by atoms with Crippen LogP contribution in [0.4, 0.5) is 0 Å². The highest BCUT2D eigenvalue weighted by atomic mass is 79.9. The number of aromatic nitrogens is 4. The Morgan fingerprint density at radius 2 is 2.10 bits per heavy atom. The summed E-state index contributed by atoms with van der Waals surface area (Å²) in [5, 5.41) is 4.19. The summed E-state index contributed by atoms with van der Waals surface area (Å²) < 4.78 is 8.52. The SMILES string of the molecule is CCn1nc(Br)c2ncn(CC(=O)OC(C)(C)C)c(=O)c21. The highest BCUT2D eigenvalue weighted by molar-refractivity contribution is 9.10. The second kappa shape index (κ2) is 5.59. The molecule has 0 bridgehead atoms. The van der Waals surface area contributed by atoms with Crippen LogP contribution in [0.5, 0.6) is 0 Å². The lowest BCUT2D eigenvalue weighted by molar-refractivity contribution is -0.155. The van der Waals surface area contributed by atoms with E-state index in [1.54, 1.807) is 25.5 Å². The van der Waals surface area contributed by atoms with Gasteiger partial charge >= 0.3 is 5.97 Å². The van der Waals surface area contributed by atoms with Crippen LogP contribution in [0, 0.1) is 0 Å². The number of halogens is 1. The second-order valence-electron chi connectivity index (χ2n) is 5.57. The molecule has 2 rings (SSSR count). The molecule has 0 fully saturated rings. The summed E-state index contributed by atoms with van der Waals surface area (Å²) >= 11 is 3.27. The predicted molar refractivity (Wildman–Crippen MR) is 81.0 cm³/mol. The van der Waals surface area contributed by atoms with Gasteiger partial charge in [0.15, 0.2) is 10.1 Å². The molecule has 0 spiro atoms. The van der Waals surface area contributed by atoms with Crippen LogP contribution in [0.15, 0.2) is 15.7 Å². The Bertz CT molecular complexity index is 742. The van der Waals surface area contributed by atoms with Crippen LogP contribution in [0.25, 0.3) is 11.0 Å². The van der Waals surface area contributed by atoms with Gasteiger partial charge in [-0.15, -0.1) is 0 Å². The zero-order chi connectivity index (χ0) is 15.8. The van der Waals surface area contributed by atoms with Crippen molar-refractivity contribution in [3.05, 3.63) is 21.3 Å². The Morgan fingerprint density at radius 3 is 2.67 bits per heavy atom. The molecule has 0 N–H and O–H groups in total. The average Bonchev–Trinajstić information content (AvgIpc) is 2.68. The molecule has 8 heteroatoms. The van der Waals surface area contributed by atoms with Gasteiger partial charge in [-0.05, 0) is 43.6 Å². The molecule has 7 nitrogen and oxygen atoms in total. The molecule has 0 radical (unpaired) electrons. The van der Waals surface area contributed by atoms with Gasteiger partial charge in [0, 0.05) is 6.54 Å². The first kappa shape index (κ1) is 15.7. The van der Waals surface area contributed by atoms with Crippen molar-refractivity contribution in [2.75, 3.05) is 0 Å². The summed E-state index contributed by atoms with van der Waals surface area (Å²) in [6.07, 6.45) is 1.33. The Kier molecular flexibility index (Phi) is 4.18. The van der Waals surface area contributed by atoms with Gasteiger partial charge in [0.25, 0.3) is 5.56 Å². The fraction of sp³-hybridized carbons (Fsp3) is 0.538. The van der Waals surface area contributed by atoms with Crippen LogP contribution in [0.3, 0.4) is 0 Å². The van der Waals surface area contributed by atoms with Crippen LogP contribution in [-0.2, 0) is 22.6 Å². The molecule has 21 heavy (non-hydrogen) atoms. The third-order valence-electron chi connectivity index (χ3n) is 2.69. The minimum atomic E-state index is -0.591. The van der Waals surface area contributed by atoms with Crippen molar-refractivity contribution >= 4 is 32.9 Å². The number of carbonyl (C=O) groups excluding carboxylic acids is 1. The number of fused-ring (bicyclic) bond motifs is 1. The van der Waals surface area contributed by atoms with E-state index in [2.05, 4.69) is 26.0 Å².